The number of sulfonamides is 1. The van der Waals surface area contributed by atoms with E-state index < -0.39 is 21.9 Å². The number of esters is 1. The number of nitrogens with zero attached hydrogens (tertiary/aromatic N) is 1. The van der Waals surface area contributed by atoms with E-state index in [1.807, 2.05) is 0 Å². The van der Waals surface area contributed by atoms with Crippen molar-refractivity contribution in [2.24, 2.45) is 0 Å². The molecule has 0 bridgehead atoms. The Morgan fingerprint density at radius 1 is 1.07 bits per heavy atom. The molecule has 1 saturated heterocycles. The van der Waals surface area contributed by atoms with E-state index in [1.54, 1.807) is 18.2 Å². The number of carbonyl (C=O) groups excluding carboxylic acids is 2. The van der Waals surface area contributed by atoms with Crippen LogP contribution < -0.4 is 10.1 Å². The third kappa shape index (κ3) is 4.61. The maximum Gasteiger partial charge on any atom is 0.337 e. The third-order valence-corrected chi connectivity index (χ3v) is 6.46. The van der Waals surface area contributed by atoms with E-state index in [1.165, 1.54) is 42.8 Å². The monoisotopic (exact) mass is 434 g/mol. The molecule has 0 atom stereocenters. The first-order valence-corrected chi connectivity index (χ1v) is 10.6. The quantitative estimate of drug-likeness (QED) is 0.690. The summed E-state index contributed by atoms with van der Waals surface area (Å²) in [6, 6.07) is 10.3. The molecular formula is C20H22N2O7S. The van der Waals surface area contributed by atoms with Gasteiger partial charge in [-0.05, 0) is 36.4 Å². The van der Waals surface area contributed by atoms with Crippen molar-refractivity contribution in [1.82, 2.24) is 4.31 Å². The van der Waals surface area contributed by atoms with Gasteiger partial charge in [-0.3, -0.25) is 4.79 Å². The lowest BCUT2D eigenvalue weighted by molar-refractivity contribution is 0.0600. The van der Waals surface area contributed by atoms with E-state index in [9.17, 15) is 18.0 Å². The molecule has 2 aromatic carbocycles. The number of hydrogen-bond donors (Lipinski definition) is 1. The fraction of sp³-hybridized carbons (Fsp3) is 0.300. The Morgan fingerprint density at radius 2 is 1.80 bits per heavy atom. The maximum atomic E-state index is 12.9. The number of morpholine rings is 1. The molecule has 9 nitrogen and oxygen atoms in total. The minimum Gasteiger partial charge on any atom is -0.496 e. The van der Waals surface area contributed by atoms with Crippen molar-refractivity contribution in [3.05, 3.63) is 53.6 Å². The highest BCUT2D eigenvalue weighted by Gasteiger charge is 2.28. The number of benzene rings is 2. The summed E-state index contributed by atoms with van der Waals surface area (Å²) in [6.45, 7) is 1.13. The van der Waals surface area contributed by atoms with Crippen LogP contribution in [0.5, 0.6) is 5.75 Å². The number of carbonyl (C=O) groups is 2. The number of hydrogen-bond acceptors (Lipinski definition) is 7. The predicted molar refractivity (Wildman–Crippen MR) is 108 cm³/mol. The van der Waals surface area contributed by atoms with Crippen molar-refractivity contribution in [2.45, 2.75) is 4.90 Å². The topological polar surface area (TPSA) is 111 Å². The van der Waals surface area contributed by atoms with E-state index in [0.717, 1.165) is 0 Å². The van der Waals surface area contributed by atoms with Gasteiger partial charge in [-0.1, -0.05) is 6.07 Å². The van der Waals surface area contributed by atoms with Gasteiger partial charge in [-0.2, -0.15) is 4.31 Å². The Hall–Kier alpha value is -2.95. The summed E-state index contributed by atoms with van der Waals surface area (Å²) in [5, 5.41) is 2.66. The molecule has 30 heavy (non-hydrogen) atoms. The SMILES string of the molecule is COC(=O)c1cccc(NC(=O)c2cc(S(=O)(=O)N3CCOCC3)ccc2OC)c1. The molecule has 0 aliphatic carbocycles. The Kier molecular flexibility index (Phi) is 6.70. The molecule has 0 aromatic heterocycles. The molecule has 1 amide bonds. The van der Waals surface area contributed by atoms with Crippen LogP contribution in [0, 0.1) is 0 Å². The summed E-state index contributed by atoms with van der Waals surface area (Å²) >= 11 is 0. The smallest absolute Gasteiger partial charge is 0.337 e. The zero-order valence-corrected chi connectivity index (χ0v) is 17.4. The van der Waals surface area contributed by atoms with Crippen LogP contribution in [0.2, 0.25) is 0 Å². The molecule has 1 aliphatic rings. The number of methoxy groups -OCH3 is 2. The van der Waals surface area contributed by atoms with Gasteiger partial charge >= 0.3 is 5.97 Å². The van der Waals surface area contributed by atoms with Gasteiger partial charge in [0, 0.05) is 18.8 Å². The van der Waals surface area contributed by atoms with Crippen molar-refractivity contribution in [3.63, 3.8) is 0 Å². The van der Waals surface area contributed by atoms with Gasteiger partial charge in [0.1, 0.15) is 5.75 Å². The zero-order chi connectivity index (χ0) is 21.7. The molecular weight excluding hydrogens is 412 g/mol. The molecule has 1 N–H and O–H groups in total. The number of nitrogens with one attached hydrogen (secondary N) is 1. The van der Waals surface area contributed by atoms with E-state index in [-0.39, 0.29) is 34.9 Å². The van der Waals surface area contributed by atoms with E-state index in [4.69, 9.17) is 9.47 Å². The lowest BCUT2D eigenvalue weighted by Crippen LogP contribution is -2.40. The molecule has 0 saturated carbocycles. The normalized spacial score (nSPS) is 14.7. The standard InChI is InChI=1S/C20H22N2O7S/c1-27-18-7-6-16(30(25,26)22-8-10-29-11-9-22)13-17(18)19(23)21-15-5-3-4-14(12-15)20(24)28-2/h3-7,12-13H,8-11H2,1-2H3,(H,21,23). The molecule has 0 radical (unpaired) electrons. The molecule has 2 aromatic rings. The summed E-state index contributed by atoms with van der Waals surface area (Å²) in [7, 11) is -1.13. The van der Waals surface area contributed by atoms with Gasteiger partial charge in [0.05, 0.1) is 43.5 Å². The van der Waals surface area contributed by atoms with E-state index in [2.05, 4.69) is 10.1 Å². The minimum atomic E-state index is -3.78. The van der Waals surface area contributed by atoms with Crippen LogP contribution in [0.15, 0.2) is 47.4 Å². The Labute approximate surface area is 174 Å². The first kappa shape index (κ1) is 21.8. The lowest BCUT2D eigenvalue weighted by atomic mass is 10.1. The molecule has 1 fully saturated rings. The van der Waals surface area contributed by atoms with Gasteiger partial charge in [0.15, 0.2) is 0 Å². The average Bonchev–Trinajstić information content (AvgIpc) is 2.78. The second-order valence-electron chi connectivity index (χ2n) is 6.41. The second-order valence-corrected chi connectivity index (χ2v) is 8.34. The Balaban J connectivity index is 1.90. The van der Waals surface area contributed by atoms with Crippen LogP contribution in [0.25, 0.3) is 0 Å². The third-order valence-electron chi connectivity index (χ3n) is 4.56. The van der Waals surface area contributed by atoms with E-state index >= 15 is 0 Å². The number of rotatable bonds is 6. The number of ether oxygens (including phenoxy) is 3. The summed E-state index contributed by atoms with van der Waals surface area (Å²) in [5.41, 5.74) is 0.674. The number of anilines is 1. The van der Waals surface area contributed by atoms with Crippen molar-refractivity contribution >= 4 is 27.6 Å². The van der Waals surface area contributed by atoms with E-state index in [0.29, 0.717) is 18.9 Å². The van der Waals surface area contributed by atoms with Crippen LogP contribution in [0.4, 0.5) is 5.69 Å². The zero-order valence-electron chi connectivity index (χ0n) is 16.6. The average molecular weight is 434 g/mol. The summed E-state index contributed by atoms with van der Waals surface area (Å²) < 4.78 is 42.3. The fourth-order valence-corrected chi connectivity index (χ4v) is 4.44. The predicted octanol–water partition coefficient (Wildman–Crippen LogP) is 1.75. The van der Waals surface area contributed by atoms with Crippen LogP contribution in [-0.2, 0) is 19.5 Å². The molecule has 160 valence electrons. The Morgan fingerprint density at radius 3 is 2.47 bits per heavy atom. The lowest BCUT2D eigenvalue weighted by Gasteiger charge is -2.26. The first-order chi connectivity index (χ1) is 14.4. The van der Waals surface area contributed by atoms with Gasteiger partial charge in [0.25, 0.3) is 5.91 Å². The van der Waals surface area contributed by atoms with Crippen LogP contribution >= 0.6 is 0 Å². The van der Waals surface area contributed by atoms with Crippen molar-refractivity contribution in [1.29, 1.82) is 0 Å². The van der Waals surface area contributed by atoms with Gasteiger partial charge in [-0.25, -0.2) is 13.2 Å². The van der Waals surface area contributed by atoms with Gasteiger partial charge < -0.3 is 19.5 Å². The molecule has 3 rings (SSSR count). The molecule has 10 heteroatoms. The number of amides is 1. The summed E-state index contributed by atoms with van der Waals surface area (Å²) in [4.78, 5) is 24.5. The largest absolute Gasteiger partial charge is 0.496 e. The van der Waals surface area contributed by atoms with Crippen molar-refractivity contribution in [3.8, 4) is 5.75 Å². The minimum absolute atomic E-state index is 0.0151. The summed E-state index contributed by atoms with van der Waals surface area (Å²) in [5.74, 6) is -0.896. The first-order valence-electron chi connectivity index (χ1n) is 9.12. The molecule has 0 unspecified atom stereocenters. The summed E-state index contributed by atoms with van der Waals surface area (Å²) in [6.07, 6.45) is 0. The highest BCUT2D eigenvalue weighted by Crippen LogP contribution is 2.26. The molecule has 1 heterocycles. The van der Waals surface area contributed by atoms with Crippen molar-refractivity contribution < 1.29 is 32.2 Å². The van der Waals surface area contributed by atoms with Crippen LogP contribution in [0.1, 0.15) is 20.7 Å². The van der Waals surface area contributed by atoms with Crippen LogP contribution in [-0.4, -0.2) is 65.1 Å². The van der Waals surface area contributed by atoms with Crippen LogP contribution in [0.3, 0.4) is 0 Å². The Bertz CT molecular complexity index is 1050. The second kappa shape index (κ2) is 9.24. The fourth-order valence-electron chi connectivity index (χ4n) is 3.00. The van der Waals surface area contributed by atoms with Gasteiger partial charge in [-0.15, -0.1) is 0 Å². The molecule has 1 aliphatic heterocycles. The highest BCUT2D eigenvalue weighted by molar-refractivity contribution is 7.89. The molecule has 0 spiro atoms. The maximum absolute atomic E-state index is 12.9. The van der Waals surface area contributed by atoms with Crippen molar-refractivity contribution in [2.75, 3.05) is 45.8 Å². The van der Waals surface area contributed by atoms with Gasteiger partial charge in [0.2, 0.25) is 10.0 Å². The highest BCUT2D eigenvalue weighted by atomic mass is 32.2.